The average molecular weight is 265 g/mol. The van der Waals surface area contributed by atoms with Crippen LogP contribution in [0.4, 0.5) is 4.39 Å². The van der Waals surface area contributed by atoms with Crippen molar-refractivity contribution in [2.75, 3.05) is 7.11 Å². The molecule has 1 aliphatic carbocycles. The van der Waals surface area contributed by atoms with E-state index in [2.05, 4.69) is 6.92 Å². The fourth-order valence-corrected chi connectivity index (χ4v) is 3.16. The Morgan fingerprint density at radius 2 is 2.00 bits per heavy atom. The first-order valence-electron chi connectivity index (χ1n) is 7.05. The summed E-state index contributed by atoms with van der Waals surface area (Å²) in [6, 6.07) is 4.64. The number of hydrogen-bond donors (Lipinski definition) is 1. The minimum Gasteiger partial charge on any atom is -0.376 e. The number of aryl methyl sites for hydroxylation is 1. The molecule has 0 spiro atoms. The van der Waals surface area contributed by atoms with Gasteiger partial charge < -0.3 is 10.5 Å². The Labute approximate surface area is 115 Å². The molecular formula is C16H24FNO. The van der Waals surface area contributed by atoms with Gasteiger partial charge in [0, 0.05) is 7.11 Å². The summed E-state index contributed by atoms with van der Waals surface area (Å²) in [5, 5.41) is 0. The van der Waals surface area contributed by atoms with Gasteiger partial charge in [-0.3, -0.25) is 0 Å². The quantitative estimate of drug-likeness (QED) is 0.903. The number of halogens is 1. The van der Waals surface area contributed by atoms with E-state index in [1.807, 2.05) is 6.92 Å². The lowest BCUT2D eigenvalue weighted by molar-refractivity contribution is -0.0673. The fraction of sp³-hybridized carbons (Fsp3) is 0.625. The predicted octanol–water partition coefficient (Wildman–Crippen LogP) is 3.73. The van der Waals surface area contributed by atoms with Crippen LogP contribution in [0, 0.1) is 18.7 Å². The maximum atomic E-state index is 13.2. The first kappa shape index (κ1) is 14.5. The van der Waals surface area contributed by atoms with Crippen molar-refractivity contribution in [3.05, 3.63) is 35.1 Å². The Kier molecular flexibility index (Phi) is 4.26. The SMILES string of the molecule is COC1(C(N)c2ccc(F)cc2C)CCC(C)CC1. The summed E-state index contributed by atoms with van der Waals surface area (Å²) >= 11 is 0. The van der Waals surface area contributed by atoms with E-state index in [9.17, 15) is 4.39 Å². The molecule has 19 heavy (non-hydrogen) atoms. The Bertz CT molecular complexity index is 438. The van der Waals surface area contributed by atoms with Crippen LogP contribution in [0.3, 0.4) is 0 Å². The van der Waals surface area contributed by atoms with Crippen LogP contribution in [0.2, 0.25) is 0 Å². The molecule has 1 atom stereocenters. The molecule has 0 aliphatic heterocycles. The van der Waals surface area contributed by atoms with Crippen LogP contribution in [-0.4, -0.2) is 12.7 Å². The molecule has 106 valence electrons. The van der Waals surface area contributed by atoms with E-state index in [1.54, 1.807) is 19.2 Å². The van der Waals surface area contributed by atoms with Crippen molar-refractivity contribution < 1.29 is 9.13 Å². The maximum Gasteiger partial charge on any atom is 0.123 e. The number of hydrogen-bond acceptors (Lipinski definition) is 2. The molecule has 0 aromatic heterocycles. The van der Waals surface area contributed by atoms with Crippen LogP contribution in [0.25, 0.3) is 0 Å². The van der Waals surface area contributed by atoms with Crippen LogP contribution in [0.1, 0.15) is 49.8 Å². The molecule has 1 aromatic rings. The van der Waals surface area contributed by atoms with Gasteiger partial charge >= 0.3 is 0 Å². The molecule has 1 unspecified atom stereocenters. The molecule has 2 nitrogen and oxygen atoms in total. The molecule has 2 rings (SSSR count). The Balaban J connectivity index is 2.27. The van der Waals surface area contributed by atoms with Gasteiger partial charge in [0.15, 0.2) is 0 Å². The standard InChI is InChI=1S/C16H24FNO/c1-11-6-8-16(19-3,9-7-11)15(18)14-5-4-13(17)10-12(14)2/h4-5,10-11,15H,6-9,18H2,1-3H3. The second-order valence-corrected chi connectivity index (χ2v) is 5.93. The van der Waals surface area contributed by atoms with Gasteiger partial charge in [-0.1, -0.05) is 13.0 Å². The first-order valence-corrected chi connectivity index (χ1v) is 7.05. The van der Waals surface area contributed by atoms with Crippen molar-refractivity contribution in [2.24, 2.45) is 11.7 Å². The largest absolute Gasteiger partial charge is 0.376 e. The fourth-order valence-electron chi connectivity index (χ4n) is 3.16. The second kappa shape index (κ2) is 5.59. The number of methoxy groups -OCH3 is 1. The molecule has 0 saturated heterocycles. The Hall–Kier alpha value is -0.930. The summed E-state index contributed by atoms with van der Waals surface area (Å²) in [4.78, 5) is 0. The summed E-state index contributed by atoms with van der Waals surface area (Å²) in [5.41, 5.74) is 8.07. The van der Waals surface area contributed by atoms with E-state index in [4.69, 9.17) is 10.5 Å². The van der Waals surface area contributed by atoms with Crippen molar-refractivity contribution in [1.29, 1.82) is 0 Å². The lowest BCUT2D eigenvalue weighted by Gasteiger charge is -2.43. The van der Waals surface area contributed by atoms with E-state index in [-0.39, 0.29) is 17.5 Å². The van der Waals surface area contributed by atoms with Crippen LogP contribution in [0.5, 0.6) is 0 Å². The normalized spacial score (nSPS) is 29.2. The van der Waals surface area contributed by atoms with Crippen LogP contribution >= 0.6 is 0 Å². The number of benzene rings is 1. The zero-order chi connectivity index (χ0) is 14.0. The molecule has 0 amide bonds. The number of ether oxygens (including phenoxy) is 1. The molecule has 0 heterocycles. The average Bonchev–Trinajstić information content (AvgIpc) is 2.39. The molecule has 3 heteroatoms. The van der Waals surface area contributed by atoms with Crippen molar-refractivity contribution >= 4 is 0 Å². The van der Waals surface area contributed by atoms with E-state index in [0.717, 1.165) is 42.7 Å². The van der Waals surface area contributed by atoms with Gasteiger partial charge in [0.1, 0.15) is 5.82 Å². The molecule has 0 radical (unpaired) electrons. The maximum absolute atomic E-state index is 13.2. The smallest absolute Gasteiger partial charge is 0.123 e. The summed E-state index contributed by atoms with van der Waals surface area (Å²) < 4.78 is 19.0. The highest BCUT2D eigenvalue weighted by atomic mass is 19.1. The van der Waals surface area contributed by atoms with Gasteiger partial charge in [0.2, 0.25) is 0 Å². The highest BCUT2D eigenvalue weighted by Gasteiger charge is 2.40. The molecule has 0 bridgehead atoms. The van der Waals surface area contributed by atoms with Crippen molar-refractivity contribution in [1.82, 2.24) is 0 Å². The lowest BCUT2D eigenvalue weighted by Crippen LogP contribution is -2.46. The summed E-state index contributed by atoms with van der Waals surface area (Å²) in [5.74, 6) is 0.530. The van der Waals surface area contributed by atoms with E-state index in [0.29, 0.717) is 0 Å². The predicted molar refractivity (Wildman–Crippen MR) is 75.4 cm³/mol. The van der Waals surface area contributed by atoms with Gasteiger partial charge in [-0.25, -0.2) is 4.39 Å². The van der Waals surface area contributed by atoms with Gasteiger partial charge in [0.05, 0.1) is 11.6 Å². The minimum atomic E-state index is -0.297. The highest BCUT2D eigenvalue weighted by Crippen LogP contribution is 2.42. The van der Waals surface area contributed by atoms with Crippen molar-refractivity contribution in [3.8, 4) is 0 Å². The van der Waals surface area contributed by atoms with Crippen LogP contribution in [0.15, 0.2) is 18.2 Å². The lowest BCUT2D eigenvalue weighted by atomic mass is 9.73. The molecule has 1 aromatic carbocycles. The minimum absolute atomic E-state index is 0.189. The topological polar surface area (TPSA) is 35.2 Å². The van der Waals surface area contributed by atoms with Crippen LogP contribution in [-0.2, 0) is 4.74 Å². The third-order valence-electron chi connectivity index (χ3n) is 4.66. The van der Waals surface area contributed by atoms with Gasteiger partial charge in [-0.15, -0.1) is 0 Å². The van der Waals surface area contributed by atoms with Crippen molar-refractivity contribution in [3.63, 3.8) is 0 Å². The third-order valence-corrected chi connectivity index (χ3v) is 4.66. The van der Waals surface area contributed by atoms with Crippen molar-refractivity contribution in [2.45, 2.75) is 51.2 Å². The Morgan fingerprint density at radius 3 is 2.53 bits per heavy atom. The first-order chi connectivity index (χ1) is 8.98. The van der Waals surface area contributed by atoms with E-state index >= 15 is 0 Å². The van der Waals surface area contributed by atoms with Gasteiger partial charge in [-0.2, -0.15) is 0 Å². The number of nitrogens with two attached hydrogens (primary N) is 1. The Morgan fingerprint density at radius 1 is 1.37 bits per heavy atom. The second-order valence-electron chi connectivity index (χ2n) is 5.93. The van der Waals surface area contributed by atoms with Gasteiger partial charge in [0.25, 0.3) is 0 Å². The molecule has 2 N–H and O–H groups in total. The van der Waals surface area contributed by atoms with Crippen LogP contribution < -0.4 is 5.73 Å². The zero-order valence-electron chi connectivity index (χ0n) is 12.1. The highest BCUT2D eigenvalue weighted by molar-refractivity contribution is 5.31. The monoisotopic (exact) mass is 265 g/mol. The summed E-state index contributed by atoms with van der Waals surface area (Å²) in [6.45, 7) is 4.18. The molecule has 1 aliphatic rings. The van der Waals surface area contributed by atoms with Gasteiger partial charge in [-0.05, 0) is 61.8 Å². The molecule has 1 saturated carbocycles. The summed E-state index contributed by atoms with van der Waals surface area (Å²) in [7, 11) is 1.74. The summed E-state index contributed by atoms with van der Waals surface area (Å²) in [6.07, 6.45) is 4.23. The van der Waals surface area contributed by atoms with E-state index < -0.39 is 0 Å². The molecular weight excluding hydrogens is 241 g/mol. The zero-order valence-corrected chi connectivity index (χ0v) is 12.1. The number of rotatable bonds is 3. The van der Waals surface area contributed by atoms with E-state index in [1.165, 1.54) is 6.07 Å². The molecule has 1 fully saturated rings. The third kappa shape index (κ3) is 2.82.